The van der Waals surface area contributed by atoms with E-state index in [-0.39, 0.29) is 5.92 Å². The van der Waals surface area contributed by atoms with E-state index in [1.54, 1.807) is 33.2 Å². The molecule has 1 unspecified atom stereocenters. The van der Waals surface area contributed by atoms with Crippen molar-refractivity contribution in [1.82, 2.24) is 14.7 Å². The average molecular weight is 481 g/mol. The van der Waals surface area contributed by atoms with Crippen molar-refractivity contribution in [3.05, 3.63) is 54.5 Å². The van der Waals surface area contributed by atoms with Gasteiger partial charge in [0.15, 0.2) is 0 Å². The molecule has 1 aliphatic rings. The SMILES string of the molecule is CC(C)(C)S(=O)(=O)NC(c1cc(NC=O)c2cc(-c3ccncc3)ccc2n1)C1CCCCC1. The molecule has 1 amide bonds. The molecule has 0 aliphatic heterocycles. The summed E-state index contributed by atoms with van der Waals surface area (Å²) >= 11 is 0. The van der Waals surface area contributed by atoms with Crippen molar-refractivity contribution in [2.45, 2.75) is 63.7 Å². The maximum absolute atomic E-state index is 13.1. The van der Waals surface area contributed by atoms with Crippen LogP contribution in [0, 0.1) is 5.92 Å². The maximum Gasteiger partial charge on any atom is 0.217 e. The average Bonchev–Trinajstić information content (AvgIpc) is 2.83. The molecule has 2 aromatic heterocycles. The van der Waals surface area contributed by atoms with Gasteiger partial charge in [-0.15, -0.1) is 0 Å². The Hall–Kier alpha value is -2.84. The Labute approximate surface area is 201 Å². The summed E-state index contributed by atoms with van der Waals surface area (Å²) in [5.74, 6) is 0.149. The molecule has 8 heteroatoms. The molecule has 0 saturated heterocycles. The molecule has 2 heterocycles. The van der Waals surface area contributed by atoms with E-state index in [1.165, 1.54) is 0 Å². The molecule has 34 heavy (non-hydrogen) atoms. The maximum atomic E-state index is 13.1. The molecular formula is C26H32N4O3S. The normalized spacial score (nSPS) is 16.3. The first-order valence-corrected chi connectivity index (χ1v) is 13.2. The standard InChI is InChI=1S/C26H32N4O3S/c1-26(2,3)34(32,33)30-25(19-7-5-4-6-8-19)24-16-23(28-17-31)21-15-20(9-10-22(21)29-24)18-11-13-27-14-12-18/h9-17,19,25,30H,4-8H2,1-3H3,(H,28,29,31). The quantitative estimate of drug-likeness (QED) is 0.452. The minimum Gasteiger partial charge on any atom is -0.328 e. The zero-order valence-electron chi connectivity index (χ0n) is 19.9. The topological polar surface area (TPSA) is 101 Å². The van der Waals surface area contributed by atoms with Crippen LogP contribution < -0.4 is 10.0 Å². The van der Waals surface area contributed by atoms with Gasteiger partial charge in [-0.25, -0.2) is 13.1 Å². The predicted octanol–water partition coefficient (Wildman–Crippen LogP) is 5.20. The Kier molecular flexibility index (Phi) is 7.00. The second-order valence-electron chi connectivity index (χ2n) is 9.93. The van der Waals surface area contributed by atoms with Crippen molar-refractivity contribution in [3.63, 3.8) is 0 Å². The number of anilines is 1. The Bertz CT molecular complexity index is 1260. The fourth-order valence-corrected chi connectivity index (χ4v) is 5.52. The zero-order chi connectivity index (χ0) is 24.3. The second kappa shape index (κ2) is 9.80. The van der Waals surface area contributed by atoms with Gasteiger partial charge in [0.05, 0.1) is 27.7 Å². The number of benzene rings is 1. The lowest BCUT2D eigenvalue weighted by Crippen LogP contribution is -2.43. The van der Waals surface area contributed by atoms with Crippen LogP contribution in [0.2, 0.25) is 0 Å². The van der Waals surface area contributed by atoms with E-state index < -0.39 is 20.8 Å². The van der Waals surface area contributed by atoms with E-state index in [0.29, 0.717) is 23.3 Å². The molecule has 1 aliphatic carbocycles. The first kappa shape index (κ1) is 24.3. The number of nitrogens with one attached hydrogen (secondary N) is 2. The molecular weight excluding hydrogens is 448 g/mol. The first-order valence-electron chi connectivity index (χ1n) is 11.8. The third kappa shape index (κ3) is 5.13. The lowest BCUT2D eigenvalue weighted by Gasteiger charge is -2.33. The van der Waals surface area contributed by atoms with Crippen LogP contribution in [0.5, 0.6) is 0 Å². The fraction of sp³-hybridized carbons (Fsp3) is 0.423. The van der Waals surface area contributed by atoms with E-state index >= 15 is 0 Å². The molecule has 180 valence electrons. The molecule has 1 aromatic carbocycles. The molecule has 4 rings (SSSR count). The molecule has 1 saturated carbocycles. The summed E-state index contributed by atoms with van der Waals surface area (Å²) in [6.07, 6.45) is 9.30. The first-order chi connectivity index (χ1) is 16.2. The minimum absolute atomic E-state index is 0.149. The van der Waals surface area contributed by atoms with Gasteiger partial charge < -0.3 is 5.32 Å². The number of pyridine rings is 2. The van der Waals surface area contributed by atoms with Gasteiger partial charge >= 0.3 is 0 Å². The molecule has 7 nitrogen and oxygen atoms in total. The summed E-state index contributed by atoms with van der Waals surface area (Å²) in [7, 11) is -3.60. The number of aromatic nitrogens is 2. The third-order valence-electron chi connectivity index (χ3n) is 6.58. The number of rotatable bonds is 7. The van der Waals surface area contributed by atoms with Crippen molar-refractivity contribution in [2.75, 3.05) is 5.32 Å². The highest BCUT2D eigenvalue weighted by Gasteiger charge is 2.36. The van der Waals surface area contributed by atoms with E-state index in [0.717, 1.165) is 48.6 Å². The predicted molar refractivity (Wildman–Crippen MR) is 136 cm³/mol. The van der Waals surface area contributed by atoms with E-state index in [4.69, 9.17) is 4.98 Å². The van der Waals surface area contributed by atoms with Crippen LogP contribution in [0.3, 0.4) is 0 Å². The molecule has 0 spiro atoms. The number of hydrogen-bond acceptors (Lipinski definition) is 5. The summed E-state index contributed by atoms with van der Waals surface area (Å²) in [4.78, 5) is 20.4. The number of fused-ring (bicyclic) bond motifs is 1. The molecule has 0 bridgehead atoms. The van der Waals surface area contributed by atoms with Crippen LogP contribution in [0.25, 0.3) is 22.0 Å². The van der Waals surface area contributed by atoms with Crippen LogP contribution in [-0.4, -0.2) is 29.5 Å². The van der Waals surface area contributed by atoms with E-state index in [1.807, 2.05) is 36.4 Å². The monoisotopic (exact) mass is 480 g/mol. The van der Waals surface area contributed by atoms with Gasteiger partial charge in [-0.05, 0) is 81.0 Å². The summed E-state index contributed by atoms with van der Waals surface area (Å²) in [6.45, 7) is 5.09. The van der Waals surface area contributed by atoms with Gasteiger partial charge in [0.1, 0.15) is 0 Å². The number of amides is 1. The van der Waals surface area contributed by atoms with Gasteiger partial charge in [-0.1, -0.05) is 25.3 Å². The molecule has 1 atom stereocenters. The largest absolute Gasteiger partial charge is 0.328 e. The second-order valence-corrected chi connectivity index (χ2v) is 12.4. The fourth-order valence-electron chi connectivity index (χ4n) is 4.52. The highest BCUT2D eigenvalue weighted by Crippen LogP contribution is 2.38. The lowest BCUT2D eigenvalue weighted by atomic mass is 9.83. The minimum atomic E-state index is -3.60. The Morgan fingerprint density at radius 1 is 1.00 bits per heavy atom. The highest BCUT2D eigenvalue weighted by atomic mass is 32.2. The van der Waals surface area contributed by atoms with Crippen LogP contribution in [0.15, 0.2) is 48.8 Å². The van der Waals surface area contributed by atoms with Crippen molar-refractivity contribution >= 4 is 33.0 Å². The summed E-state index contributed by atoms with van der Waals surface area (Å²) in [5, 5.41) is 3.61. The van der Waals surface area contributed by atoms with E-state index in [9.17, 15) is 13.2 Å². The number of hydrogen-bond donors (Lipinski definition) is 2. The van der Waals surface area contributed by atoms with Gasteiger partial charge in [-0.3, -0.25) is 14.8 Å². The molecule has 0 radical (unpaired) electrons. The summed E-state index contributed by atoms with van der Waals surface area (Å²) in [6, 6.07) is 11.1. The number of carbonyl (C=O) groups excluding carboxylic acids is 1. The van der Waals surface area contributed by atoms with Gasteiger partial charge in [0.25, 0.3) is 0 Å². The van der Waals surface area contributed by atoms with Gasteiger partial charge in [0, 0.05) is 17.8 Å². The smallest absolute Gasteiger partial charge is 0.217 e. The Morgan fingerprint density at radius 3 is 2.35 bits per heavy atom. The summed E-state index contributed by atoms with van der Waals surface area (Å²) in [5.41, 5.74) is 3.94. The molecule has 2 N–H and O–H groups in total. The number of sulfonamides is 1. The lowest BCUT2D eigenvalue weighted by molar-refractivity contribution is -0.105. The van der Waals surface area contributed by atoms with Crippen molar-refractivity contribution in [3.8, 4) is 11.1 Å². The van der Waals surface area contributed by atoms with Crippen molar-refractivity contribution in [2.24, 2.45) is 5.92 Å². The van der Waals surface area contributed by atoms with E-state index in [2.05, 4.69) is 15.0 Å². The number of carbonyl (C=O) groups is 1. The zero-order valence-corrected chi connectivity index (χ0v) is 20.7. The van der Waals surface area contributed by atoms with Crippen LogP contribution >= 0.6 is 0 Å². The third-order valence-corrected chi connectivity index (χ3v) is 8.76. The van der Waals surface area contributed by atoms with Crippen LogP contribution in [0.1, 0.15) is 64.6 Å². The number of nitrogens with zero attached hydrogens (tertiary/aromatic N) is 2. The van der Waals surface area contributed by atoms with Crippen molar-refractivity contribution in [1.29, 1.82) is 0 Å². The Morgan fingerprint density at radius 2 is 1.71 bits per heavy atom. The van der Waals surface area contributed by atoms with Gasteiger partial charge in [-0.2, -0.15) is 0 Å². The van der Waals surface area contributed by atoms with Gasteiger partial charge in [0.2, 0.25) is 16.4 Å². The van der Waals surface area contributed by atoms with Crippen LogP contribution in [-0.2, 0) is 14.8 Å². The molecule has 1 fully saturated rings. The highest BCUT2D eigenvalue weighted by molar-refractivity contribution is 7.90. The van der Waals surface area contributed by atoms with Crippen molar-refractivity contribution < 1.29 is 13.2 Å². The summed E-state index contributed by atoms with van der Waals surface area (Å²) < 4.78 is 28.3. The Balaban J connectivity index is 1.82. The molecule has 3 aromatic rings. The van der Waals surface area contributed by atoms with Crippen LogP contribution in [0.4, 0.5) is 5.69 Å².